The summed E-state index contributed by atoms with van der Waals surface area (Å²) < 4.78 is 12.7. The van der Waals surface area contributed by atoms with Crippen molar-refractivity contribution in [1.29, 1.82) is 0 Å². The van der Waals surface area contributed by atoms with Gasteiger partial charge in [-0.05, 0) is 18.6 Å². The first-order chi connectivity index (χ1) is 2.94. The minimum absolute atomic E-state index is 0.271. The minimum atomic E-state index is -2.23. The second kappa shape index (κ2) is 1.95. The molecule has 0 aromatic heterocycles. The first kappa shape index (κ1) is 7.15. The summed E-state index contributed by atoms with van der Waals surface area (Å²) in [4.78, 5) is 0. The van der Waals surface area contributed by atoms with E-state index in [1.165, 1.54) is 0 Å². The average molecular weight is 120 g/mol. The van der Waals surface area contributed by atoms with E-state index in [1.54, 1.807) is 13.1 Å². The Hall–Kier alpha value is 0.147. The van der Waals surface area contributed by atoms with Crippen molar-refractivity contribution in [2.45, 2.75) is 32.5 Å². The number of rotatable bonds is 1. The van der Waals surface area contributed by atoms with E-state index in [4.69, 9.17) is 0 Å². The Kier molecular flexibility index (Phi) is 1.99. The van der Waals surface area contributed by atoms with Gasteiger partial charge in [0.15, 0.2) is 0 Å². The third kappa shape index (κ3) is 2.80. The lowest BCUT2D eigenvalue weighted by atomic mass is 10.6. The summed E-state index contributed by atoms with van der Waals surface area (Å²) in [6.07, 6.45) is 0. The molecule has 0 fully saturated rings. The standard InChI is InChI=1S/C5H13FSi/c1-5(2)7(3,4)6/h5H,1-4H3. The van der Waals surface area contributed by atoms with Crippen LogP contribution in [0.4, 0.5) is 4.11 Å². The van der Waals surface area contributed by atoms with Crippen LogP contribution in [-0.2, 0) is 0 Å². The molecule has 7 heavy (non-hydrogen) atoms. The van der Waals surface area contributed by atoms with Crippen molar-refractivity contribution in [1.82, 2.24) is 0 Å². The molecule has 0 saturated heterocycles. The predicted molar refractivity (Wildman–Crippen MR) is 33.7 cm³/mol. The van der Waals surface area contributed by atoms with Gasteiger partial charge in [0.05, 0.1) is 0 Å². The van der Waals surface area contributed by atoms with Crippen molar-refractivity contribution >= 4 is 8.41 Å². The molecule has 0 aliphatic carbocycles. The molecule has 0 nitrogen and oxygen atoms in total. The number of hydrogen-bond donors (Lipinski definition) is 0. The molecule has 0 rings (SSSR count). The Bertz CT molecular complexity index is 53.6. The fourth-order valence-electron chi connectivity index (χ4n) is 0. The van der Waals surface area contributed by atoms with Gasteiger partial charge < -0.3 is 4.11 Å². The third-order valence-electron chi connectivity index (χ3n) is 1.37. The van der Waals surface area contributed by atoms with Crippen molar-refractivity contribution in [2.75, 3.05) is 0 Å². The van der Waals surface area contributed by atoms with Gasteiger partial charge in [0.25, 0.3) is 0 Å². The highest BCUT2D eigenvalue weighted by Crippen LogP contribution is 2.20. The zero-order chi connectivity index (χ0) is 6.08. The molecule has 0 amide bonds. The fourth-order valence-corrected chi connectivity index (χ4v) is 0. The van der Waals surface area contributed by atoms with Crippen LogP contribution in [0.25, 0.3) is 0 Å². The topological polar surface area (TPSA) is 0 Å². The van der Waals surface area contributed by atoms with Crippen molar-refractivity contribution in [2.24, 2.45) is 0 Å². The highest BCUT2D eigenvalue weighted by Gasteiger charge is 2.24. The van der Waals surface area contributed by atoms with Gasteiger partial charge in [-0.15, -0.1) is 0 Å². The molecule has 0 aliphatic heterocycles. The summed E-state index contributed by atoms with van der Waals surface area (Å²) in [5.74, 6) is 0. The summed E-state index contributed by atoms with van der Waals surface area (Å²) >= 11 is 0. The van der Waals surface area contributed by atoms with E-state index in [-0.39, 0.29) is 5.54 Å². The molecule has 0 N–H and O–H groups in total. The molecule has 2 heteroatoms. The van der Waals surface area contributed by atoms with E-state index in [2.05, 4.69) is 0 Å². The number of halogens is 1. The minimum Gasteiger partial charge on any atom is -0.314 e. The van der Waals surface area contributed by atoms with Crippen LogP contribution in [0.5, 0.6) is 0 Å². The van der Waals surface area contributed by atoms with E-state index in [9.17, 15) is 4.11 Å². The van der Waals surface area contributed by atoms with Crippen molar-refractivity contribution in [3.8, 4) is 0 Å². The van der Waals surface area contributed by atoms with Crippen LogP contribution in [0.15, 0.2) is 0 Å². The number of hydrogen-bond acceptors (Lipinski definition) is 0. The van der Waals surface area contributed by atoms with Gasteiger partial charge in [0, 0.05) is 0 Å². The van der Waals surface area contributed by atoms with Crippen molar-refractivity contribution in [3.05, 3.63) is 0 Å². The smallest absolute Gasteiger partial charge is 0.243 e. The van der Waals surface area contributed by atoms with E-state index < -0.39 is 8.41 Å². The quantitative estimate of drug-likeness (QED) is 0.368. The molecule has 0 saturated carbocycles. The largest absolute Gasteiger partial charge is 0.314 e. The van der Waals surface area contributed by atoms with Crippen molar-refractivity contribution < 1.29 is 4.11 Å². The molecule has 0 aliphatic rings. The molecule has 0 unspecified atom stereocenters. The molecule has 0 spiro atoms. The second-order valence-electron chi connectivity index (χ2n) is 2.72. The lowest BCUT2D eigenvalue weighted by Crippen LogP contribution is -2.21. The molecule has 0 atom stereocenters. The van der Waals surface area contributed by atoms with E-state index in [0.29, 0.717) is 0 Å². The van der Waals surface area contributed by atoms with E-state index in [0.717, 1.165) is 0 Å². The van der Waals surface area contributed by atoms with Gasteiger partial charge in [-0.3, -0.25) is 0 Å². The third-order valence-corrected chi connectivity index (χ3v) is 4.12. The van der Waals surface area contributed by atoms with Crippen LogP contribution in [0, 0.1) is 0 Å². The van der Waals surface area contributed by atoms with Crippen molar-refractivity contribution in [3.63, 3.8) is 0 Å². The average Bonchev–Trinajstić information content (AvgIpc) is 1.31. The monoisotopic (exact) mass is 120 g/mol. The summed E-state index contributed by atoms with van der Waals surface area (Å²) in [5, 5.41) is 0. The van der Waals surface area contributed by atoms with E-state index in [1.807, 2.05) is 13.8 Å². The molecule has 0 radical (unpaired) electrons. The molecule has 0 aromatic carbocycles. The lowest BCUT2D eigenvalue weighted by Gasteiger charge is -2.13. The zero-order valence-electron chi connectivity index (χ0n) is 5.46. The summed E-state index contributed by atoms with van der Waals surface area (Å²) in [7, 11) is -2.23. The van der Waals surface area contributed by atoms with Crippen LogP contribution in [0.1, 0.15) is 13.8 Å². The van der Waals surface area contributed by atoms with Gasteiger partial charge in [0.2, 0.25) is 8.41 Å². The first-order valence-corrected chi connectivity index (χ1v) is 5.59. The maximum atomic E-state index is 12.7. The van der Waals surface area contributed by atoms with Crippen LogP contribution in [0.2, 0.25) is 18.6 Å². The van der Waals surface area contributed by atoms with Gasteiger partial charge in [-0.2, -0.15) is 0 Å². The van der Waals surface area contributed by atoms with Gasteiger partial charge in [0.1, 0.15) is 0 Å². The van der Waals surface area contributed by atoms with Crippen LogP contribution < -0.4 is 0 Å². The predicted octanol–water partition coefficient (Wildman–Crippen LogP) is 2.57. The zero-order valence-corrected chi connectivity index (χ0v) is 6.46. The Morgan fingerprint density at radius 3 is 1.43 bits per heavy atom. The Morgan fingerprint density at radius 1 is 1.29 bits per heavy atom. The second-order valence-corrected chi connectivity index (χ2v) is 7.00. The molecular formula is C5H13FSi. The van der Waals surface area contributed by atoms with Gasteiger partial charge >= 0.3 is 0 Å². The summed E-state index contributed by atoms with van der Waals surface area (Å²) in [6, 6.07) is 0. The molecule has 44 valence electrons. The Balaban J connectivity index is 3.54. The van der Waals surface area contributed by atoms with Crippen LogP contribution in [0.3, 0.4) is 0 Å². The maximum Gasteiger partial charge on any atom is 0.243 e. The first-order valence-electron chi connectivity index (χ1n) is 2.63. The molecule has 0 bridgehead atoms. The van der Waals surface area contributed by atoms with Crippen LogP contribution in [-0.4, -0.2) is 8.41 Å². The highest BCUT2D eigenvalue weighted by atomic mass is 28.4. The Morgan fingerprint density at radius 2 is 1.43 bits per heavy atom. The normalized spacial score (nSPS) is 12.9. The lowest BCUT2D eigenvalue weighted by molar-refractivity contribution is 0.745. The van der Waals surface area contributed by atoms with E-state index >= 15 is 0 Å². The Labute approximate surface area is 45.9 Å². The molecule has 0 aromatic rings. The highest BCUT2D eigenvalue weighted by molar-refractivity contribution is 6.71. The fraction of sp³-hybridized carbons (Fsp3) is 1.00. The maximum absolute atomic E-state index is 12.7. The van der Waals surface area contributed by atoms with Gasteiger partial charge in [-0.25, -0.2) is 0 Å². The summed E-state index contributed by atoms with van der Waals surface area (Å²) in [5.41, 5.74) is 0.271. The van der Waals surface area contributed by atoms with Crippen LogP contribution >= 0.6 is 0 Å². The molecular weight excluding hydrogens is 107 g/mol. The SMILES string of the molecule is CC(C)[Si](C)(C)F. The van der Waals surface area contributed by atoms with Gasteiger partial charge in [-0.1, -0.05) is 13.8 Å². The molecule has 0 heterocycles. The summed E-state index contributed by atoms with van der Waals surface area (Å²) in [6.45, 7) is 7.34.